The van der Waals surface area contributed by atoms with Gasteiger partial charge in [0.05, 0.1) is 35.4 Å². The van der Waals surface area contributed by atoms with Crippen LogP contribution in [0.15, 0.2) is 94.7 Å². The van der Waals surface area contributed by atoms with Crippen molar-refractivity contribution in [3.8, 4) is 11.5 Å². The minimum Gasteiger partial charge on any atom is -0.495 e. The lowest BCUT2D eigenvalue weighted by molar-refractivity contribution is 0.413. The minimum atomic E-state index is -4.43. The summed E-state index contributed by atoms with van der Waals surface area (Å²) in [5.41, 5.74) is 0.444. The summed E-state index contributed by atoms with van der Waals surface area (Å²) in [5.74, 6) is 0.591. The van der Waals surface area contributed by atoms with Crippen molar-refractivity contribution in [2.24, 2.45) is 5.14 Å². The Hall–Kier alpha value is -3.60. The predicted molar refractivity (Wildman–Crippen MR) is 131 cm³/mol. The molecule has 34 heavy (non-hydrogen) atoms. The number of nitrogens with two attached hydrogens (primary N) is 1. The Labute approximate surface area is 198 Å². The second-order valence-electron chi connectivity index (χ2n) is 7.30. The number of ether oxygens (including phenoxy) is 2. The molecule has 4 aromatic rings. The first-order valence-corrected chi connectivity index (χ1v) is 13.0. The summed E-state index contributed by atoms with van der Waals surface area (Å²) in [6, 6.07) is 22.2. The monoisotopic (exact) mass is 498 g/mol. The molecule has 4 aromatic carbocycles. The van der Waals surface area contributed by atoms with Gasteiger partial charge in [0.1, 0.15) is 11.5 Å². The second kappa shape index (κ2) is 8.98. The zero-order valence-corrected chi connectivity index (χ0v) is 20.0. The summed E-state index contributed by atoms with van der Waals surface area (Å²) in [7, 11) is -5.75. The summed E-state index contributed by atoms with van der Waals surface area (Å²) >= 11 is 0. The number of nitrogens with zero attached hydrogens (tertiary/aromatic N) is 1. The Morgan fingerprint density at radius 1 is 0.706 bits per heavy atom. The molecule has 4 rings (SSSR count). The smallest absolute Gasteiger partial charge is 0.269 e. The quantitative estimate of drug-likeness (QED) is 0.411. The topological polar surface area (TPSA) is 116 Å². The number of rotatable bonds is 7. The molecule has 0 fully saturated rings. The van der Waals surface area contributed by atoms with Crippen LogP contribution in [-0.4, -0.2) is 31.1 Å². The average molecular weight is 499 g/mol. The summed E-state index contributed by atoms with van der Waals surface area (Å²) in [5, 5.41) is 6.12. The van der Waals surface area contributed by atoms with Crippen molar-refractivity contribution in [1.82, 2.24) is 0 Å². The highest BCUT2D eigenvalue weighted by atomic mass is 32.2. The zero-order chi connectivity index (χ0) is 24.5. The summed E-state index contributed by atoms with van der Waals surface area (Å²) in [4.78, 5) is -0.545. The fourth-order valence-electron chi connectivity index (χ4n) is 3.71. The number of fused-ring (bicyclic) bond motifs is 1. The molecule has 0 atom stereocenters. The van der Waals surface area contributed by atoms with Gasteiger partial charge in [-0.05, 0) is 41.8 Å². The SMILES string of the molecule is COc1ccccc1N(c1ccccc1OC)S(=O)(=O)c1cc(S(N)(=O)=O)cc2ccccc12. The molecule has 8 nitrogen and oxygen atoms in total. The molecule has 0 aromatic heterocycles. The Morgan fingerprint density at radius 3 is 1.74 bits per heavy atom. The van der Waals surface area contributed by atoms with Crippen LogP contribution in [0.3, 0.4) is 0 Å². The van der Waals surface area contributed by atoms with Crippen molar-refractivity contribution in [2.45, 2.75) is 9.79 Å². The molecule has 0 bridgehead atoms. The molecule has 0 unspecified atom stereocenters. The van der Waals surface area contributed by atoms with Crippen LogP contribution in [0.25, 0.3) is 10.8 Å². The van der Waals surface area contributed by atoms with Gasteiger partial charge in [-0.25, -0.2) is 26.3 Å². The van der Waals surface area contributed by atoms with Gasteiger partial charge >= 0.3 is 0 Å². The Kier molecular flexibility index (Phi) is 6.22. The fraction of sp³-hybridized carbons (Fsp3) is 0.0833. The number of methoxy groups -OCH3 is 2. The highest BCUT2D eigenvalue weighted by molar-refractivity contribution is 7.93. The van der Waals surface area contributed by atoms with E-state index in [1.807, 2.05) is 0 Å². The summed E-state index contributed by atoms with van der Waals surface area (Å²) in [6.45, 7) is 0. The molecular weight excluding hydrogens is 476 g/mol. The van der Waals surface area contributed by atoms with Crippen molar-refractivity contribution < 1.29 is 26.3 Å². The molecule has 0 aliphatic carbocycles. The molecule has 0 saturated carbocycles. The van der Waals surface area contributed by atoms with E-state index in [4.69, 9.17) is 14.6 Å². The maximum Gasteiger partial charge on any atom is 0.269 e. The third-order valence-corrected chi connectivity index (χ3v) is 7.91. The molecule has 176 valence electrons. The number of anilines is 2. The predicted octanol–water partition coefficient (Wildman–Crippen LogP) is 4.03. The van der Waals surface area contributed by atoms with E-state index in [0.29, 0.717) is 22.3 Å². The fourth-order valence-corrected chi connectivity index (χ4v) is 6.11. The largest absolute Gasteiger partial charge is 0.495 e. The number of benzene rings is 4. The number of para-hydroxylation sites is 4. The summed E-state index contributed by atoms with van der Waals surface area (Å²) < 4.78 is 65.1. The first kappa shape index (κ1) is 23.6. The molecule has 10 heteroatoms. The van der Waals surface area contributed by atoms with Gasteiger partial charge in [-0.15, -0.1) is 0 Å². The van der Waals surface area contributed by atoms with Crippen LogP contribution in [0.2, 0.25) is 0 Å². The van der Waals surface area contributed by atoms with Gasteiger partial charge in [0.2, 0.25) is 10.0 Å². The van der Waals surface area contributed by atoms with E-state index in [1.54, 1.807) is 72.8 Å². The molecule has 0 heterocycles. The Morgan fingerprint density at radius 2 is 1.21 bits per heavy atom. The van der Waals surface area contributed by atoms with Crippen molar-refractivity contribution >= 4 is 42.2 Å². The third kappa shape index (κ3) is 4.18. The zero-order valence-electron chi connectivity index (χ0n) is 18.4. The van der Waals surface area contributed by atoms with Gasteiger partial charge in [-0.1, -0.05) is 48.5 Å². The van der Waals surface area contributed by atoms with Crippen molar-refractivity contribution in [1.29, 1.82) is 0 Å². The molecule has 0 radical (unpaired) electrons. The molecular formula is C24H22N2O6S2. The first-order valence-electron chi connectivity index (χ1n) is 10.1. The van der Waals surface area contributed by atoms with Crippen LogP contribution in [0, 0.1) is 0 Å². The maximum atomic E-state index is 14.3. The lowest BCUT2D eigenvalue weighted by Crippen LogP contribution is -2.28. The van der Waals surface area contributed by atoms with Crippen LogP contribution in [0.5, 0.6) is 11.5 Å². The number of hydrogen-bond donors (Lipinski definition) is 1. The van der Waals surface area contributed by atoms with Gasteiger partial charge in [0.25, 0.3) is 10.0 Å². The van der Waals surface area contributed by atoms with Crippen molar-refractivity contribution in [3.63, 3.8) is 0 Å². The normalized spacial score (nSPS) is 11.9. The lowest BCUT2D eigenvalue weighted by Gasteiger charge is -2.28. The van der Waals surface area contributed by atoms with E-state index in [1.165, 1.54) is 20.3 Å². The van der Waals surface area contributed by atoms with Crippen molar-refractivity contribution in [3.05, 3.63) is 84.9 Å². The molecule has 0 aliphatic rings. The molecule has 2 N–H and O–H groups in total. The molecule has 0 saturated heterocycles. The van der Waals surface area contributed by atoms with Gasteiger partial charge in [-0.2, -0.15) is 0 Å². The molecule has 0 aliphatic heterocycles. The van der Waals surface area contributed by atoms with E-state index >= 15 is 0 Å². The van der Waals surface area contributed by atoms with Crippen LogP contribution in [0.1, 0.15) is 0 Å². The molecule has 0 amide bonds. The highest BCUT2D eigenvalue weighted by Gasteiger charge is 2.33. The van der Waals surface area contributed by atoms with Gasteiger partial charge < -0.3 is 9.47 Å². The van der Waals surface area contributed by atoms with E-state index in [0.717, 1.165) is 10.4 Å². The van der Waals surface area contributed by atoms with E-state index in [2.05, 4.69) is 0 Å². The second-order valence-corrected chi connectivity index (χ2v) is 10.6. The average Bonchev–Trinajstić information content (AvgIpc) is 2.83. The summed E-state index contributed by atoms with van der Waals surface area (Å²) in [6.07, 6.45) is 0. The minimum absolute atomic E-state index is 0.222. The van der Waals surface area contributed by atoms with Crippen LogP contribution < -0.4 is 18.9 Å². The third-order valence-electron chi connectivity index (χ3n) is 5.25. The lowest BCUT2D eigenvalue weighted by atomic mass is 10.1. The maximum absolute atomic E-state index is 14.3. The molecule has 0 spiro atoms. The van der Waals surface area contributed by atoms with Gasteiger partial charge in [0, 0.05) is 5.39 Å². The Balaban J connectivity index is 2.12. The number of hydrogen-bond acceptors (Lipinski definition) is 6. The van der Waals surface area contributed by atoms with E-state index in [9.17, 15) is 16.8 Å². The highest BCUT2D eigenvalue weighted by Crippen LogP contribution is 2.43. The number of primary sulfonamides is 1. The van der Waals surface area contributed by atoms with E-state index in [-0.39, 0.29) is 21.2 Å². The van der Waals surface area contributed by atoms with Crippen molar-refractivity contribution in [2.75, 3.05) is 18.5 Å². The Bertz CT molecular complexity index is 1540. The van der Waals surface area contributed by atoms with Crippen LogP contribution in [-0.2, 0) is 20.0 Å². The first-order chi connectivity index (χ1) is 16.2. The van der Waals surface area contributed by atoms with E-state index < -0.39 is 20.0 Å². The number of sulfonamides is 2. The van der Waals surface area contributed by atoms with Gasteiger partial charge in [0.15, 0.2) is 0 Å². The van der Waals surface area contributed by atoms with Gasteiger partial charge in [-0.3, -0.25) is 0 Å². The van der Waals surface area contributed by atoms with Crippen LogP contribution >= 0.6 is 0 Å². The van der Waals surface area contributed by atoms with Crippen LogP contribution in [0.4, 0.5) is 11.4 Å². The standard InChI is InChI=1S/C24H22N2O6S2/c1-31-22-13-7-5-11-20(22)26(21-12-6-8-14-23(21)32-2)34(29,30)24-16-18(33(25,27)28)15-17-9-3-4-10-19(17)24/h3-16H,1-2H3,(H2,25,27,28).